The van der Waals surface area contributed by atoms with Crippen LogP contribution in [0, 0.1) is 20.8 Å². The first-order valence-electron chi connectivity index (χ1n) is 7.50. The summed E-state index contributed by atoms with van der Waals surface area (Å²) >= 11 is 1.66. The molecule has 2 nitrogen and oxygen atoms in total. The van der Waals surface area contributed by atoms with E-state index in [-0.39, 0.29) is 5.91 Å². The fraction of sp³-hybridized carbons (Fsp3) is 0.316. The van der Waals surface area contributed by atoms with Crippen molar-refractivity contribution in [2.24, 2.45) is 0 Å². The summed E-state index contributed by atoms with van der Waals surface area (Å²) in [6.07, 6.45) is 0. The van der Waals surface area contributed by atoms with Crippen molar-refractivity contribution in [1.29, 1.82) is 0 Å². The highest BCUT2D eigenvalue weighted by Crippen LogP contribution is 2.15. The average Bonchev–Trinajstić information content (AvgIpc) is 2.46. The topological polar surface area (TPSA) is 29.1 Å². The summed E-state index contributed by atoms with van der Waals surface area (Å²) < 4.78 is 0. The van der Waals surface area contributed by atoms with Crippen molar-refractivity contribution in [1.82, 2.24) is 5.32 Å². The molecule has 2 rings (SSSR count). The van der Waals surface area contributed by atoms with E-state index in [1.807, 2.05) is 0 Å². The monoisotopic (exact) mass is 313 g/mol. The zero-order valence-electron chi connectivity index (χ0n) is 13.5. The fourth-order valence-corrected chi connectivity index (χ4v) is 3.16. The van der Waals surface area contributed by atoms with Crippen LogP contribution in [-0.4, -0.2) is 11.7 Å². The van der Waals surface area contributed by atoms with Crippen LogP contribution < -0.4 is 5.32 Å². The van der Waals surface area contributed by atoms with E-state index in [1.54, 1.807) is 11.8 Å². The molecule has 3 heteroatoms. The molecule has 0 radical (unpaired) electrons. The lowest BCUT2D eigenvalue weighted by Gasteiger charge is -2.07. The number of hydrogen-bond acceptors (Lipinski definition) is 2. The SMILES string of the molecule is Cc1ccc(CNC(=O)CSCc2cc(C)cc(C)c2)cc1. The molecule has 2 aromatic carbocycles. The van der Waals surface area contributed by atoms with Gasteiger partial charge in [0, 0.05) is 12.3 Å². The number of benzene rings is 2. The van der Waals surface area contributed by atoms with Crippen LogP contribution in [0.25, 0.3) is 0 Å². The molecule has 116 valence electrons. The maximum absolute atomic E-state index is 11.9. The van der Waals surface area contributed by atoms with Gasteiger partial charge in [-0.05, 0) is 31.9 Å². The Kier molecular flexibility index (Phi) is 6.08. The molecular weight excluding hydrogens is 290 g/mol. The van der Waals surface area contributed by atoms with Crippen LogP contribution in [0.2, 0.25) is 0 Å². The van der Waals surface area contributed by atoms with Crippen LogP contribution in [0.15, 0.2) is 42.5 Å². The van der Waals surface area contributed by atoms with Crippen LogP contribution in [0.1, 0.15) is 27.8 Å². The number of aryl methyl sites for hydroxylation is 3. The lowest BCUT2D eigenvalue weighted by atomic mass is 10.1. The predicted molar refractivity (Wildman–Crippen MR) is 95.1 cm³/mol. The molecule has 0 unspecified atom stereocenters. The summed E-state index contributed by atoms with van der Waals surface area (Å²) in [5.74, 6) is 1.47. The average molecular weight is 313 g/mol. The van der Waals surface area contributed by atoms with Gasteiger partial charge in [0.05, 0.1) is 5.75 Å². The van der Waals surface area contributed by atoms with E-state index in [9.17, 15) is 4.79 Å². The molecule has 0 aliphatic carbocycles. The van der Waals surface area contributed by atoms with E-state index < -0.39 is 0 Å². The van der Waals surface area contributed by atoms with Gasteiger partial charge < -0.3 is 5.32 Å². The van der Waals surface area contributed by atoms with E-state index in [0.717, 1.165) is 11.3 Å². The zero-order chi connectivity index (χ0) is 15.9. The minimum absolute atomic E-state index is 0.0925. The molecule has 1 amide bonds. The van der Waals surface area contributed by atoms with Crippen molar-refractivity contribution in [3.05, 3.63) is 70.3 Å². The molecule has 0 heterocycles. The normalized spacial score (nSPS) is 10.5. The first-order chi connectivity index (χ1) is 10.5. The second-order valence-corrected chi connectivity index (χ2v) is 6.74. The molecule has 0 aliphatic rings. The third-order valence-corrected chi connectivity index (χ3v) is 4.40. The van der Waals surface area contributed by atoms with E-state index in [4.69, 9.17) is 0 Å². The predicted octanol–water partition coefficient (Wildman–Crippen LogP) is 4.16. The van der Waals surface area contributed by atoms with E-state index in [2.05, 4.69) is 68.6 Å². The van der Waals surface area contributed by atoms with Gasteiger partial charge in [0.15, 0.2) is 0 Å². The molecule has 0 bridgehead atoms. The largest absolute Gasteiger partial charge is 0.351 e. The Bertz CT molecular complexity index is 614. The van der Waals surface area contributed by atoms with Gasteiger partial charge in [0.1, 0.15) is 0 Å². The molecular formula is C19H23NOS. The maximum atomic E-state index is 11.9. The van der Waals surface area contributed by atoms with Crippen LogP contribution in [0.4, 0.5) is 0 Å². The first kappa shape index (κ1) is 16.6. The Hall–Kier alpha value is -1.74. The van der Waals surface area contributed by atoms with Gasteiger partial charge in [-0.2, -0.15) is 0 Å². The van der Waals surface area contributed by atoms with Crippen molar-refractivity contribution >= 4 is 17.7 Å². The van der Waals surface area contributed by atoms with Gasteiger partial charge in [-0.25, -0.2) is 0 Å². The van der Waals surface area contributed by atoms with Gasteiger partial charge in [0.2, 0.25) is 5.91 Å². The lowest BCUT2D eigenvalue weighted by molar-refractivity contribution is -0.118. The minimum atomic E-state index is 0.0925. The Labute approximate surface area is 137 Å². The van der Waals surface area contributed by atoms with Gasteiger partial charge in [-0.3, -0.25) is 4.79 Å². The van der Waals surface area contributed by atoms with Crippen molar-refractivity contribution in [2.45, 2.75) is 33.1 Å². The first-order valence-corrected chi connectivity index (χ1v) is 8.65. The quantitative estimate of drug-likeness (QED) is 0.867. The Morgan fingerprint density at radius 1 is 0.909 bits per heavy atom. The summed E-state index contributed by atoms with van der Waals surface area (Å²) in [5.41, 5.74) is 6.21. The van der Waals surface area contributed by atoms with Crippen molar-refractivity contribution in [3.63, 3.8) is 0 Å². The number of hydrogen-bond donors (Lipinski definition) is 1. The van der Waals surface area contributed by atoms with Crippen LogP contribution in [0.3, 0.4) is 0 Å². The third-order valence-electron chi connectivity index (χ3n) is 3.39. The molecule has 0 saturated carbocycles. The summed E-state index contributed by atoms with van der Waals surface area (Å²) in [6.45, 7) is 6.88. The van der Waals surface area contributed by atoms with E-state index >= 15 is 0 Å². The summed E-state index contributed by atoms with van der Waals surface area (Å²) in [7, 11) is 0. The summed E-state index contributed by atoms with van der Waals surface area (Å²) in [6, 6.07) is 14.8. The van der Waals surface area contributed by atoms with E-state index in [0.29, 0.717) is 12.3 Å². The summed E-state index contributed by atoms with van der Waals surface area (Å²) in [4.78, 5) is 11.9. The minimum Gasteiger partial charge on any atom is -0.351 e. The highest BCUT2D eigenvalue weighted by molar-refractivity contribution is 7.99. The molecule has 0 atom stereocenters. The van der Waals surface area contributed by atoms with Crippen molar-refractivity contribution in [3.8, 4) is 0 Å². The second-order valence-electron chi connectivity index (χ2n) is 5.75. The Balaban J connectivity index is 1.72. The second kappa shape index (κ2) is 8.04. The maximum Gasteiger partial charge on any atom is 0.230 e. The molecule has 0 aromatic heterocycles. The number of thioether (sulfide) groups is 1. The molecule has 1 N–H and O–H groups in total. The van der Waals surface area contributed by atoms with Crippen LogP contribution in [0.5, 0.6) is 0 Å². The Morgan fingerprint density at radius 2 is 1.55 bits per heavy atom. The highest BCUT2D eigenvalue weighted by Gasteiger charge is 2.03. The zero-order valence-corrected chi connectivity index (χ0v) is 14.3. The number of carbonyl (C=O) groups is 1. The van der Waals surface area contributed by atoms with Crippen molar-refractivity contribution in [2.75, 3.05) is 5.75 Å². The smallest absolute Gasteiger partial charge is 0.230 e. The van der Waals surface area contributed by atoms with Gasteiger partial charge in [-0.1, -0.05) is 59.2 Å². The van der Waals surface area contributed by atoms with Crippen molar-refractivity contribution < 1.29 is 4.79 Å². The van der Waals surface area contributed by atoms with Crippen LogP contribution in [-0.2, 0) is 17.1 Å². The number of carbonyl (C=O) groups excluding carboxylic acids is 1. The molecule has 0 saturated heterocycles. The van der Waals surface area contributed by atoms with Gasteiger partial charge >= 0.3 is 0 Å². The van der Waals surface area contributed by atoms with E-state index in [1.165, 1.54) is 22.3 Å². The molecule has 22 heavy (non-hydrogen) atoms. The highest BCUT2D eigenvalue weighted by atomic mass is 32.2. The number of amides is 1. The van der Waals surface area contributed by atoms with Gasteiger partial charge in [0.25, 0.3) is 0 Å². The molecule has 0 aliphatic heterocycles. The van der Waals surface area contributed by atoms with Crippen LogP contribution >= 0.6 is 11.8 Å². The third kappa shape index (κ3) is 5.57. The van der Waals surface area contributed by atoms with Gasteiger partial charge in [-0.15, -0.1) is 11.8 Å². The standard InChI is InChI=1S/C19H23NOS/c1-14-4-6-17(7-5-14)11-20-19(21)13-22-12-18-9-15(2)8-16(3)10-18/h4-10H,11-13H2,1-3H3,(H,20,21). The lowest BCUT2D eigenvalue weighted by Crippen LogP contribution is -2.24. The molecule has 2 aromatic rings. The number of nitrogens with one attached hydrogen (secondary N) is 1. The molecule has 0 fully saturated rings. The Morgan fingerprint density at radius 3 is 2.18 bits per heavy atom. The molecule has 0 spiro atoms. The number of rotatable bonds is 6. The summed E-state index contributed by atoms with van der Waals surface area (Å²) in [5, 5.41) is 2.97. The fourth-order valence-electron chi connectivity index (χ4n) is 2.37.